The lowest BCUT2D eigenvalue weighted by atomic mass is 9.58. The number of esters is 1. The van der Waals surface area contributed by atoms with Crippen LogP contribution < -0.4 is 0 Å². The van der Waals surface area contributed by atoms with Crippen LogP contribution in [-0.4, -0.2) is 11.6 Å². The number of fused-ring (bicyclic) bond motifs is 2. The van der Waals surface area contributed by atoms with Crippen molar-refractivity contribution in [1.82, 2.24) is 0 Å². The van der Waals surface area contributed by atoms with Gasteiger partial charge >= 0.3 is 5.97 Å². The number of rotatable bonds is 4. The van der Waals surface area contributed by atoms with Crippen molar-refractivity contribution in [3.8, 4) is 0 Å². The van der Waals surface area contributed by atoms with Crippen LogP contribution in [0.15, 0.2) is 0 Å². The Morgan fingerprint density at radius 1 is 1.08 bits per heavy atom. The first kappa shape index (κ1) is 20.8. The summed E-state index contributed by atoms with van der Waals surface area (Å²) in [5.41, 5.74) is -0.601. The standard InChI is InChI=1S/C23H42O2/c1-15(2)22(8,14-21(5,6)7)20(24)25-23(9)17(4)12-18-10-16(3)11-19(23)13-18/h15-19H,10-14H2,1-9H3. The fraction of sp³-hybridized carbons (Fsp3) is 0.957. The normalized spacial score (nSPS) is 38.3. The Hall–Kier alpha value is -0.530. The van der Waals surface area contributed by atoms with Gasteiger partial charge in [-0.2, -0.15) is 0 Å². The van der Waals surface area contributed by atoms with Gasteiger partial charge in [0.15, 0.2) is 0 Å². The van der Waals surface area contributed by atoms with Gasteiger partial charge in [-0.05, 0) is 81.0 Å². The van der Waals surface area contributed by atoms with Crippen molar-refractivity contribution in [2.75, 3.05) is 0 Å². The summed E-state index contributed by atoms with van der Waals surface area (Å²) in [5, 5.41) is 0. The molecule has 0 N–H and O–H groups in total. The molecule has 2 bridgehead atoms. The highest BCUT2D eigenvalue weighted by Gasteiger charge is 2.52. The molecule has 0 saturated heterocycles. The van der Waals surface area contributed by atoms with Crippen LogP contribution in [0.2, 0.25) is 0 Å². The third kappa shape index (κ3) is 4.25. The molecule has 0 aliphatic heterocycles. The van der Waals surface area contributed by atoms with E-state index in [1.165, 1.54) is 25.7 Å². The minimum absolute atomic E-state index is 0.0310. The Morgan fingerprint density at radius 3 is 2.20 bits per heavy atom. The lowest BCUT2D eigenvalue weighted by Gasteiger charge is -2.53. The maximum atomic E-state index is 13.4. The lowest BCUT2D eigenvalue weighted by Crippen LogP contribution is -2.54. The van der Waals surface area contributed by atoms with Crippen molar-refractivity contribution >= 4 is 5.97 Å². The van der Waals surface area contributed by atoms with E-state index in [1.54, 1.807) is 0 Å². The molecule has 0 heterocycles. The second-order valence-electron chi connectivity index (χ2n) is 11.4. The Morgan fingerprint density at radius 2 is 1.68 bits per heavy atom. The molecule has 2 aliphatic rings. The first-order valence-electron chi connectivity index (χ1n) is 10.5. The number of ether oxygens (including phenoxy) is 1. The minimum atomic E-state index is -0.419. The summed E-state index contributed by atoms with van der Waals surface area (Å²) in [6, 6.07) is 0. The van der Waals surface area contributed by atoms with E-state index in [9.17, 15) is 4.79 Å². The van der Waals surface area contributed by atoms with Crippen molar-refractivity contribution in [2.45, 2.75) is 100 Å². The van der Waals surface area contributed by atoms with E-state index in [4.69, 9.17) is 4.74 Å². The van der Waals surface area contributed by atoms with E-state index >= 15 is 0 Å². The summed E-state index contributed by atoms with van der Waals surface area (Å²) in [6.07, 6.45) is 5.89. The molecular formula is C23H42O2. The van der Waals surface area contributed by atoms with E-state index in [0.29, 0.717) is 11.8 Å². The molecule has 0 amide bonds. The Kier molecular flexibility index (Phi) is 5.73. The largest absolute Gasteiger partial charge is 0.458 e. The molecule has 2 nitrogen and oxygen atoms in total. The Balaban J connectivity index is 2.24. The third-order valence-corrected chi connectivity index (χ3v) is 7.47. The number of carbonyl (C=O) groups is 1. The zero-order valence-electron chi connectivity index (χ0n) is 18.2. The SMILES string of the molecule is CC1CC2CC(C)C(C)(OC(=O)C(C)(CC(C)(C)C)C(C)C)C(C1)C2. The van der Waals surface area contributed by atoms with Crippen LogP contribution in [0, 0.1) is 40.4 Å². The zero-order valence-corrected chi connectivity index (χ0v) is 18.2. The van der Waals surface area contributed by atoms with Crippen LogP contribution >= 0.6 is 0 Å². The summed E-state index contributed by atoms with van der Waals surface area (Å²) >= 11 is 0. The van der Waals surface area contributed by atoms with Crippen molar-refractivity contribution in [1.29, 1.82) is 0 Å². The summed E-state index contributed by atoms with van der Waals surface area (Å²) in [6.45, 7) is 20.0. The molecule has 0 aromatic rings. The molecule has 2 saturated carbocycles. The van der Waals surface area contributed by atoms with Gasteiger partial charge < -0.3 is 4.74 Å². The average Bonchev–Trinajstić information content (AvgIpc) is 2.42. The predicted molar refractivity (Wildman–Crippen MR) is 105 cm³/mol. The Bertz CT molecular complexity index is 485. The predicted octanol–water partition coefficient (Wildman–Crippen LogP) is 6.48. The van der Waals surface area contributed by atoms with Crippen LogP contribution in [0.25, 0.3) is 0 Å². The van der Waals surface area contributed by atoms with Crippen LogP contribution in [0.5, 0.6) is 0 Å². The highest BCUT2D eigenvalue weighted by Crippen LogP contribution is 2.52. The minimum Gasteiger partial charge on any atom is -0.458 e. The zero-order chi connectivity index (χ0) is 19.2. The lowest BCUT2D eigenvalue weighted by molar-refractivity contribution is -0.199. The smallest absolute Gasteiger partial charge is 0.312 e. The van der Waals surface area contributed by atoms with Gasteiger partial charge in [-0.25, -0.2) is 0 Å². The van der Waals surface area contributed by atoms with Crippen molar-refractivity contribution in [2.24, 2.45) is 40.4 Å². The van der Waals surface area contributed by atoms with Gasteiger partial charge in [0, 0.05) is 0 Å². The average molecular weight is 351 g/mol. The summed E-state index contributed by atoms with van der Waals surface area (Å²) in [4.78, 5) is 13.4. The summed E-state index contributed by atoms with van der Waals surface area (Å²) in [5.74, 6) is 2.89. The van der Waals surface area contributed by atoms with E-state index in [-0.39, 0.29) is 22.9 Å². The van der Waals surface area contributed by atoms with Gasteiger partial charge in [-0.1, -0.05) is 48.5 Å². The molecule has 2 fully saturated rings. The molecule has 0 aromatic carbocycles. The monoisotopic (exact) mass is 350 g/mol. The Labute approximate surface area is 156 Å². The van der Waals surface area contributed by atoms with Crippen molar-refractivity contribution in [3.05, 3.63) is 0 Å². The van der Waals surface area contributed by atoms with Crippen molar-refractivity contribution in [3.63, 3.8) is 0 Å². The van der Waals surface area contributed by atoms with Gasteiger partial charge in [0.05, 0.1) is 5.41 Å². The third-order valence-electron chi connectivity index (χ3n) is 7.47. The van der Waals surface area contributed by atoms with Crippen LogP contribution in [0.1, 0.15) is 94.4 Å². The van der Waals surface area contributed by atoms with Crippen molar-refractivity contribution < 1.29 is 9.53 Å². The molecule has 0 spiro atoms. The molecule has 2 aliphatic carbocycles. The van der Waals surface area contributed by atoms with E-state index in [2.05, 4.69) is 62.3 Å². The fourth-order valence-electron chi connectivity index (χ4n) is 5.66. The van der Waals surface area contributed by atoms with Crippen LogP contribution in [-0.2, 0) is 9.53 Å². The second kappa shape index (κ2) is 6.89. The number of hydrogen-bond acceptors (Lipinski definition) is 2. The number of hydrogen-bond donors (Lipinski definition) is 0. The van der Waals surface area contributed by atoms with Gasteiger partial charge in [0.25, 0.3) is 0 Å². The van der Waals surface area contributed by atoms with Crippen LogP contribution in [0.4, 0.5) is 0 Å². The molecule has 6 atom stereocenters. The molecule has 6 unspecified atom stereocenters. The molecule has 0 radical (unpaired) electrons. The maximum absolute atomic E-state index is 13.4. The summed E-state index contributed by atoms with van der Waals surface area (Å²) < 4.78 is 6.46. The van der Waals surface area contributed by atoms with E-state index in [0.717, 1.165) is 18.3 Å². The quantitative estimate of drug-likeness (QED) is 0.542. The second-order valence-corrected chi connectivity index (χ2v) is 11.4. The molecule has 2 rings (SSSR count). The highest BCUT2D eigenvalue weighted by molar-refractivity contribution is 5.77. The molecule has 25 heavy (non-hydrogen) atoms. The number of carbonyl (C=O) groups excluding carboxylic acids is 1. The molecule has 146 valence electrons. The van der Waals surface area contributed by atoms with E-state index in [1.807, 2.05) is 0 Å². The van der Waals surface area contributed by atoms with Crippen LogP contribution in [0.3, 0.4) is 0 Å². The van der Waals surface area contributed by atoms with Gasteiger partial charge in [0.1, 0.15) is 5.60 Å². The first-order valence-corrected chi connectivity index (χ1v) is 10.5. The molecular weight excluding hydrogens is 308 g/mol. The van der Waals surface area contributed by atoms with Gasteiger partial charge in [0.2, 0.25) is 0 Å². The molecule has 2 heteroatoms. The molecule has 0 aromatic heterocycles. The summed E-state index contributed by atoms with van der Waals surface area (Å²) in [7, 11) is 0. The first-order chi connectivity index (χ1) is 11.3. The fourth-order valence-corrected chi connectivity index (χ4v) is 5.66. The van der Waals surface area contributed by atoms with Gasteiger partial charge in [-0.15, -0.1) is 0 Å². The van der Waals surface area contributed by atoms with Gasteiger partial charge in [-0.3, -0.25) is 4.79 Å². The highest BCUT2D eigenvalue weighted by atomic mass is 16.6. The van der Waals surface area contributed by atoms with E-state index < -0.39 is 5.41 Å². The topological polar surface area (TPSA) is 26.3 Å². The maximum Gasteiger partial charge on any atom is 0.312 e.